The normalized spacial score (nSPS) is 33.1. The minimum atomic E-state index is 0.977. The molecule has 1 fully saturated rings. The van der Waals surface area contributed by atoms with Gasteiger partial charge in [-0.05, 0) is 0 Å². The zero-order valence-corrected chi connectivity index (χ0v) is 4.22. The van der Waals surface area contributed by atoms with Crippen molar-refractivity contribution in [3.8, 4) is 0 Å². The molecule has 0 amide bonds. The SMILES string of the molecule is B1=C2CC2CC=C1. The summed E-state index contributed by atoms with van der Waals surface area (Å²) in [6.45, 7) is 2.24. The number of hydrogen-bond acceptors (Lipinski definition) is 0. The van der Waals surface area contributed by atoms with E-state index < -0.39 is 0 Å². The summed E-state index contributed by atoms with van der Waals surface area (Å²) in [7, 11) is 0. The van der Waals surface area contributed by atoms with Gasteiger partial charge in [-0.1, -0.05) is 0 Å². The average molecular weight is 89.9 g/mol. The fourth-order valence-corrected chi connectivity index (χ4v) is 1.10. The monoisotopic (exact) mass is 90.1 g/mol. The van der Waals surface area contributed by atoms with Crippen molar-refractivity contribution in [2.75, 3.05) is 0 Å². The van der Waals surface area contributed by atoms with Gasteiger partial charge in [0.2, 0.25) is 0 Å². The quantitative estimate of drug-likeness (QED) is 0.386. The van der Waals surface area contributed by atoms with Gasteiger partial charge < -0.3 is 0 Å². The zero-order valence-electron chi connectivity index (χ0n) is 4.22. The molecule has 1 aliphatic heterocycles. The summed E-state index contributed by atoms with van der Waals surface area (Å²) in [6.07, 6.45) is 4.94. The Morgan fingerprint density at radius 2 is 2.71 bits per heavy atom. The van der Waals surface area contributed by atoms with Crippen molar-refractivity contribution >= 4 is 12.4 Å². The third-order valence-corrected chi connectivity index (χ3v) is 1.71. The van der Waals surface area contributed by atoms with Gasteiger partial charge in [0.05, 0.1) is 0 Å². The molecular weight excluding hydrogens is 82.9 g/mol. The molecule has 0 radical (unpaired) electrons. The van der Waals surface area contributed by atoms with E-state index in [2.05, 4.69) is 19.0 Å². The van der Waals surface area contributed by atoms with Crippen LogP contribution in [0, 0.1) is 5.92 Å². The number of allylic oxidation sites excluding steroid dienone is 1. The number of rotatable bonds is 0. The molecular formula is C6H7B. The van der Waals surface area contributed by atoms with Crippen LogP contribution in [0.4, 0.5) is 0 Å². The van der Waals surface area contributed by atoms with E-state index >= 15 is 0 Å². The molecule has 0 aromatic rings. The molecule has 0 nitrogen and oxygen atoms in total. The van der Waals surface area contributed by atoms with E-state index in [-0.39, 0.29) is 0 Å². The first-order valence-corrected chi connectivity index (χ1v) is 2.82. The van der Waals surface area contributed by atoms with E-state index in [4.69, 9.17) is 0 Å². The second kappa shape index (κ2) is 1.09. The van der Waals surface area contributed by atoms with Crippen LogP contribution in [0.1, 0.15) is 12.8 Å². The molecule has 1 atom stereocenters. The van der Waals surface area contributed by atoms with Gasteiger partial charge in [-0.15, -0.1) is 0 Å². The molecule has 0 N–H and O–H groups in total. The third kappa shape index (κ3) is 0.477. The second-order valence-electron chi connectivity index (χ2n) is 2.31. The molecule has 1 aliphatic carbocycles. The maximum absolute atomic E-state index is 2.25. The molecule has 0 spiro atoms. The van der Waals surface area contributed by atoms with E-state index in [1.165, 1.54) is 12.8 Å². The van der Waals surface area contributed by atoms with Crippen LogP contribution in [0.5, 0.6) is 0 Å². The molecule has 1 heterocycles. The van der Waals surface area contributed by atoms with Crippen LogP contribution >= 0.6 is 0 Å². The van der Waals surface area contributed by atoms with Crippen LogP contribution in [0.2, 0.25) is 0 Å². The maximum atomic E-state index is 2.25. The van der Waals surface area contributed by atoms with Crippen LogP contribution in [0.15, 0.2) is 12.1 Å². The Kier molecular flexibility index (Phi) is 0.567. The van der Waals surface area contributed by atoms with Crippen molar-refractivity contribution in [3.05, 3.63) is 12.1 Å². The van der Waals surface area contributed by atoms with E-state index in [1.54, 1.807) is 5.46 Å². The Hall–Kier alpha value is -0.325. The molecule has 0 aromatic carbocycles. The predicted molar refractivity (Wildman–Crippen MR) is 32.6 cm³/mol. The number of hydrogen-bond donors (Lipinski definition) is 0. The Bertz CT molecular complexity index is 144. The van der Waals surface area contributed by atoms with Crippen LogP contribution in [-0.4, -0.2) is 12.4 Å². The topological polar surface area (TPSA) is 0 Å². The fraction of sp³-hybridized carbons (Fsp3) is 0.500. The first-order valence-electron chi connectivity index (χ1n) is 2.82. The fourth-order valence-electron chi connectivity index (χ4n) is 1.10. The molecule has 1 saturated carbocycles. The van der Waals surface area contributed by atoms with Crippen LogP contribution in [-0.2, 0) is 0 Å². The summed E-state index contributed by atoms with van der Waals surface area (Å²) >= 11 is 0. The van der Waals surface area contributed by atoms with E-state index in [0.29, 0.717) is 0 Å². The van der Waals surface area contributed by atoms with Crippen LogP contribution in [0.25, 0.3) is 0 Å². The Morgan fingerprint density at radius 3 is 3.29 bits per heavy atom. The zero-order chi connectivity index (χ0) is 4.69. The van der Waals surface area contributed by atoms with Gasteiger partial charge in [0.1, 0.15) is 0 Å². The number of fused-ring (bicyclic) bond motifs is 1. The molecule has 0 saturated heterocycles. The summed E-state index contributed by atoms with van der Waals surface area (Å²) in [4.78, 5) is 0. The molecule has 7 heavy (non-hydrogen) atoms. The van der Waals surface area contributed by atoms with Gasteiger partial charge >= 0.3 is 43.2 Å². The predicted octanol–water partition coefficient (Wildman–Crippen LogP) is 0.800. The van der Waals surface area contributed by atoms with Gasteiger partial charge in [0.25, 0.3) is 0 Å². The van der Waals surface area contributed by atoms with E-state index in [9.17, 15) is 0 Å². The summed E-state index contributed by atoms with van der Waals surface area (Å²) in [6, 6.07) is 0. The van der Waals surface area contributed by atoms with Crippen molar-refractivity contribution < 1.29 is 0 Å². The first kappa shape index (κ1) is 3.65. The van der Waals surface area contributed by atoms with Gasteiger partial charge in [-0.3, -0.25) is 0 Å². The van der Waals surface area contributed by atoms with Gasteiger partial charge in [0, 0.05) is 0 Å². The van der Waals surface area contributed by atoms with E-state index in [1.807, 2.05) is 0 Å². The summed E-state index contributed by atoms with van der Waals surface area (Å²) in [5, 5.41) is 0. The van der Waals surface area contributed by atoms with Gasteiger partial charge in [-0.2, -0.15) is 0 Å². The third-order valence-electron chi connectivity index (χ3n) is 1.71. The van der Waals surface area contributed by atoms with Crippen molar-refractivity contribution in [3.63, 3.8) is 0 Å². The second-order valence-corrected chi connectivity index (χ2v) is 2.31. The van der Waals surface area contributed by atoms with E-state index in [0.717, 1.165) is 5.92 Å². The summed E-state index contributed by atoms with van der Waals surface area (Å²) in [5.41, 5.74) is 1.67. The first-order chi connectivity index (χ1) is 3.47. The van der Waals surface area contributed by atoms with Crippen molar-refractivity contribution in [2.45, 2.75) is 12.8 Å². The summed E-state index contributed by atoms with van der Waals surface area (Å²) < 4.78 is 0. The van der Waals surface area contributed by atoms with Crippen LogP contribution in [0.3, 0.4) is 0 Å². The molecule has 2 rings (SSSR count). The van der Waals surface area contributed by atoms with Crippen molar-refractivity contribution in [1.29, 1.82) is 0 Å². The Balaban J connectivity index is 2.31. The van der Waals surface area contributed by atoms with Crippen molar-refractivity contribution in [1.82, 2.24) is 0 Å². The average Bonchev–Trinajstić information content (AvgIpc) is 2.41. The minimum absolute atomic E-state index is 0.977. The molecule has 0 aromatic heterocycles. The molecule has 0 bridgehead atoms. The van der Waals surface area contributed by atoms with Crippen LogP contribution < -0.4 is 0 Å². The van der Waals surface area contributed by atoms with Crippen molar-refractivity contribution in [2.24, 2.45) is 5.92 Å². The standard InChI is InChI=1S/C6H7B/c1-2-5-4-6(5)7-3-1/h1,3,5H,2,4H2. The molecule has 1 heteroatoms. The summed E-state index contributed by atoms with van der Waals surface area (Å²) in [5.74, 6) is 3.14. The Labute approximate surface area is 44.1 Å². The van der Waals surface area contributed by atoms with Gasteiger partial charge in [0.15, 0.2) is 0 Å². The molecule has 34 valence electrons. The molecule has 1 unspecified atom stereocenters. The van der Waals surface area contributed by atoms with Gasteiger partial charge in [-0.25, -0.2) is 0 Å². The molecule has 2 aliphatic rings. The Morgan fingerprint density at radius 1 is 1.71 bits per heavy atom.